The number of aromatic nitrogens is 3. The summed E-state index contributed by atoms with van der Waals surface area (Å²) in [6.07, 6.45) is 2.93. The van der Waals surface area contributed by atoms with Crippen molar-refractivity contribution < 1.29 is 0 Å². The molecule has 1 aromatic heterocycles. The molecule has 0 unspecified atom stereocenters. The molecule has 0 aliphatic carbocycles. The van der Waals surface area contributed by atoms with E-state index in [1.807, 2.05) is 12.1 Å². The lowest BCUT2D eigenvalue weighted by Gasteiger charge is -2.11. The maximum Gasteiger partial charge on any atom is 0.159 e. The lowest BCUT2D eigenvalue weighted by molar-refractivity contribution is 0.840. The van der Waals surface area contributed by atoms with E-state index in [0.717, 1.165) is 28.8 Å². The van der Waals surface area contributed by atoms with Gasteiger partial charge in [0.1, 0.15) is 17.4 Å². The van der Waals surface area contributed by atoms with Gasteiger partial charge in [-0.25, -0.2) is 0 Å². The van der Waals surface area contributed by atoms with Crippen LogP contribution in [0.1, 0.15) is 24.1 Å². The Morgan fingerprint density at radius 2 is 2.11 bits per heavy atom. The smallest absolute Gasteiger partial charge is 0.159 e. The van der Waals surface area contributed by atoms with Crippen molar-refractivity contribution in [2.45, 2.75) is 19.9 Å². The van der Waals surface area contributed by atoms with Gasteiger partial charge in [-0.05, 0) is 12.3 Å². The summed E-state index contributed by atoms with van der Waals surface area (Å²) in [6.45, 7) is 2.69. The lowest BCUT2D eigenvalue weighted by atomic mass is 10.2. The van der Waals surface area contributed by atoms with E-state index in [1.54, 1.807) is 11.8 Å². The minimum Gasteiger partial charge on any atom is -0.281 e. The number of nitrogens with zero attached hydrogens (tertiary/aromatic N) is 4. The number of hydrogen-bond donors (Lipinski definition) is 0. The minimum absolute atomic E-state index is 0.595. The molecule has 0 fully saturated rings. The molecule has 0 radical (unpaired) electrons. The first-order valence-corrected chi connectivity index (χ1v) is 7.19. The quantitative estimate of drug-likeness (QED) is 0.789. The Labute approximate surface area is 110 Å². The summed E-state index contributed by atoms with van der Waals surface area (Å²) in [5.74, 6) is 1.92. The standard InChI is InChI=1S/C13H14N4S/c1-3-11-15-16-12-8-14-13(18-2)9-6-4-5-7-10(9)17(11)12/h4-7H,3,8H2,1-2H3. The van der Waals surface area contributed by atoms with E-state index in [-0.39, 0.29) is 0 Å². The summed E-state index contributed by atoms with van der Waals surface area (Å²) in [4.78, 5) is 4.63. The topological polar surface area (TPSA) is 43.1 Å². The van der Waals surface area contributed by atoms with Crippen molar-refractivity contribution in [1.29, 1.82) is 0 Å². The highest BCUT2D eigenvalue weighted by atomic mass is 32.2. The second-order valence-electron chi connectivity index (χ2n) is 4.06. The van der Waals surface area contributed by atoms with Crippen molar-refractivity contribution in [3.05, 3.63) is 41.5 Å². The lowest BCUT2D eigenvalue weighted by Crippen LogP contribution is -2.06. The summed E-state index contributed by atoms with van der Waals surface area (Å²) < 4.78 is 2.14. The largest absolute Gasteiger partial charge is 0.281 e. The molecule has 0 bridgehead atoms. The Morgan fingerprint density at radius 1 is 1.28 bits per heavy atom. The Bertz CT molecular complexity index is 615. The third-order valence-corrected chi connectivity index (χ3v) is 3.78. The average molecular weight is 258 g/mol. The van der Waals surface area contributed by atoms with Crippen molar-refractivity contribution in [1.82, 2.24) is 14.8 Å². The fraction of sp³-hybridized carbons (Fsp3) is 0.308. The SMILES string of the molecule is CCc1nnc2n1-c1ccccc1C(SC)=NC2. The number of hydrogen-bond acceptors (Lipinski definition) is 4. The minimum atomic E-state index is 0.595. The van der Waals surface area contributed by atoms with Crippen molar-refractivity contribution in [3.8, 4) is 5.69 Å². The van der Waals surface area contributed by atoms with E-state index < -0.39 is 0 Å². The number of benzene rings is 1. The zero-order valence-corrected chi connectivity index (χ0v) is 11.2. The molecular formula is C13H14N4S. The van der Waals surface area contributed by atoms with Gasteiger partial charge in [-0.2, -0.15) is 0 Å². The number of fused-ring (bicyclic) bond motifs is 3. The zero-order chi connectivity index (χ0) is 12.5. The van der Waals surface area contributed by atoms with Gasteiger partial charge in [0.2, 0.25) is 0 Å². The van der Waals surface area contributed by atoms with Crippen LogP contribution in [0.4, 0.5) is 0 Å². The molecule has 0 amide bonds. The number of thioether (sulfide) groups is 1. The van der Waals surface area contributed by atoms with E-state index in [2.05, 4.69) is 45.1 Å². The predicted octanol–water partition coefficient (Wildman–Crippen LogP) is 2.45. The molecule has 0 saturated carbocycles. The van der Waals surface area contributed by atoms with E-state index >= 15 is 0 Å². The van der Waals surface area contributed by atoms with E-state index in [0.29, 0.717) is 6.54 Å². The van der Waals surface area contributed by atoms with Crippen LogP contribution in [-0.2, 0) is 13.0 Å². The molecule has 4 nitrogen and oxygen atoms in total. The van der Waals surface area contributed by atoms with Gasteiger partial charge >= 0.3 is 0 Å². The molecule has 5 heteroatoms. The van der Waals surface area contributed by atoms with Crippen LogP contribution in [0.3, 0.4) is 0 Å². The molecule has 18 heavy (non-hydrogen) atoms. The van der Waals surface area contributed by atoms with Crippen LogP contribution in [0.2, 0.25) is 0 Å². The van der Waals surface area contributed by atoms with E-state index in [4.69, 9.17) is 0 Å². The van der Waals surface area contributed by atoms with Gasteiger partial charge in [-0.3, -0.25) is 9.56 Å². The molecule has 0 N–H and O–H groups in total. The molecule has 92 valence electrons. The fourth-order valence-corrected chi connectivity index (χ4v) is 2.80. The molecule has 3 rings (SSSR count). The van der Waals surface area contributed by atoms with Crippen LogP contribution in [0.25, 0.3) is 5.69 Å². The van der Waals surface area contributed by atoms with Gasteiger partial charge in [-0.15, -0.1) is 22.0 Å². The van der Waals surface area contributed by atoms with E-state index in [9.17, 15) is 0 Å². The van der Waals surface area contributed by atoms with Crippen molar-refractivity contribution in [2.75, 3.05) is 6.26 Å². The summed E-state index contributed by atoms with van der Waals surface area (Å²) in [6, 6.07) is 8.31. The van der Waals surface area contributed by atoms with Gasteiger partial charge in [0.05, 0.1) is 5.69 Å². The van der Waals surface area contributed by atoms with Gasteiger partial charge in [0, 0.05) is 12.0 Å². The van der Waals surface area contributed by atoms with Crippen LogP contribution in [0.15, 0.2) is 29.3 Å². The highest BCUT2D eigenvalue weighted by Crippen LogP contribution is 2.26. The second-order valence-corrected chi connectivity index (χ2v) is 4.86. The van der Waals surface area contributed by atoms with Crippen molar-refractivity contribution in [2.24, 2.45) is 4.99 Å². The third kappa shape index (κ3) is 1.66. The van der Waals surface area contributed by atoms with Crippen molar-refractivity contribution in [3.63, 3.8) is 0 Å². The first kappa shape index (κ1) is 11.5. The molecule has 0 saturated heterocycles. The Kier molecular flexibility index (Phi) is 2.91. The summed E-state index contributed by atoms with van der Waals surface area (Å²) in [5.41, 5.74) is 2.30. The predicted molar refractivity (Wildman–Crippen MR) is 74.5 cm³/mol. The van der Waals surface area contributed by atoms with Gasteiger partial charge in [-0.1, -0.05) is 25.1 Å². The summed E-state index contributed by atoms with van der Waals surface area (Å²) >= 11 is 1.68. The summed E-state index contributed by atoms with van der Waals surface area (Å²) in [7, 11) is 0. The molecule has 1 aromatic carbocycles. The molecule has 1 aliphatic heterocycles. The van der Waals surface area contributed by atoms with Gasteiger partial charge < -0.3 is 0 Å². The number of aliphatic imine (C=N–C) groups is 1. The second kappa shape index (κ2) is 4.57. The molecule has 0 atom stereocenters. The van der Waals surface area contributed by atoms with Crippen LogP contribution >= 0.6 is 11.8 Å². The monoisotopic (exact) mass is 258 g/mol. The molecular weight excluding hydrogens is 244 g/mol. The molecule has 2 aromatic rings. The molecule has 2 heterocycles. The van der Waals surface area contributed by atoms with Gasteiger partial charge in [0.25, 0.3) is 0 Å². The zero-order valence-electron chi connectivity index (χ0n) is 10.4. The number of aryl methyl sites for hydroxylation is 1. The normalized spacial score (nSPS) is 13.6. The molecule has 1 aliphatic rings. The average Bonchev–Trinajstić information content (AvgIpc) is 2.76. The van der Waals surface area contributed by atoms with Crippen LogP contribution in [-0.4, -0.2) is 26.1 Å². The Balaban J connectivity index is 2.29. The summed E-state index contributed by atoms with van der Waals surface area (Å²) in [5, 5.41) is 9.56. The van der Waals surface area contributed by atoms with Crippen LogP contribution in [0, 0.1) is 0 Å². The fourth-order valence-electron chi connectivity index (χ4n) is 2.21. The molecule has 0 spiro atoms. The number of para-hydroxylation sites is 1. The first-order chi connectivity index (χ1) is 8.85. The Morgan fingerprint density at radius 3 is 2.89 bits per heavy atom. The van der Waals surface area contributed by atoms with Crippen molar-refractivity contribution >= 4 is 16.8 Å². The van der Waals surface area contributed by atoms with Gasteiger partial charge in [0.15, 0.2) is 5.82 Å². The van der Waals surface area contributed by atoms with Crippen LogP contribution in [0.5, 0.6) is 0 Å². The maximum atomic E-state index is 4.63. The first-order valence-electron chi connectivity index (χ1n) is 5.96. The number of rotatable bonds is 1. The third-order valence-electron chi connectivity index (χ3n) is 3.05. The van der Waals surface area contributed by atoms with E-state index in [1.165, 1.54) is 5.56 Å². The maximum absolute atomic E-state index is 4.63. The highest BCUT2D eigenvalue weighted by molar-refractivity contribution is 8.13. The highest BCUT2D eigenvalue weighted by Gasteiger charge is 2.20. The van der Waals surface area contributed by atoms with Crippen LogP contribution < -0.4 is 0 Å². The Hall–Kier alpha value is -1.62.